The second-order valence-corrected chi connectivity index (χ2v) is 4.46. The van der Waals surface area contributed by atoms with E-state index in [4.69, 9.17) is 5.11 Å². The molecule has 1 aromatic rings. The van der Waals surface area contributed by atoms with Crippen molar-refractivity contribution in [1.82, 2.24) is 15.0 Å². The zero-order chi connectivity index (χ0) is 11.7. The van der Waals surface area contributed by atoms with E-state index in [0.717, 1.165) is 24.2 Å². The molecule has 0 aromatic carbocycles. The summed E-state index contributed by atoms with van der Waals surface area (Å²) in [5, 5.41) is 17.3. The van der Waals surface area contributed by atoms with E-state index in [1.165, 1.54) is 0 Å². The van der Waals surface area contributed by atoms with Crippen molar-refractivity contribution in [2.24, 2.45) is 5.92 Å². The maximum atomic E-state index is 11.0. The van der Waals surface area contributed by atoms with Gasteiger partial charge in [0.1, 0.15) is 0 Å². The first-order valence-electron chi connectivity index (χ1n) is 5.79. The van der Waals surface area contributed by atoms with Crippen molar-refractivity contribution in [2.45, 2.75) is 45.6 Å². The maximum absolute atomic E-state index is 11.0. The second kappa shape index (κ2) is 4.23. The first-order valence-corrected chi connectivity index (χ1v) is 5.79. The Kier molecular flexibility index (Phi) is 2.94. The van der Waals surface area contributed by atoms with Gasteiger partial charge in [-0.25, -0.2) is 4.68 Å². The number of aromatic nitrogens is 3. The van der Waals surface area contributed by atoms with Crippen LogP contribution in [0, 0.1) is 5.92 Å². The van der Waals surface area contributed by atoms with Crippen LogP contribution in [0.3, 0.4) is 0 Å². The van der Waals surface area contributed by atoms with Crippen molar-refractivity contribution < 1.29 is 9.90 Å². The molecule has 2 atom stereocenters. The van der Waals surface area contributed by atoms with Gasteiger partial charge < -0.3 is 5.11 Å². The van der Waals surface area contributed by atoms with Crippen LogP contribution < -0.4 is 0 Å². The Morgan fingerprint density at radius 3 is 3.06 bits per heavy atom. The van der Waals surface area contributed by atoms with Crippen LogP contribution in [0.1, 0.15) is 44.1 Å². The van der Waals surface area contributed by atoms with Gasteiger partial charge in [-0.05, 0) is 26.2 Å². The summed E-state index contributed by atoms with van der Waals surface area (Å²) in [6, 6.07) is 0.295. The van der Waals surface area contributed by atoms with E-state index in [0.29, 0.717) is 18.9 Å². The average Bonchev–Trinajstić information content (AvgIpc) is 2.70. The standard InChI is InChI=1S/C11H17N3O2/c1-3-7(2)14-10-6-8(11(15)16)4-5-9(10)12-13-14/h7-8H,3-6H2,1-2H3,(H,15,16)/t7-,8-/m1/s1. The van der Waals surface area contributed by atoms with Crippen molar-refractivity contribution in [1.29, 1.82) is 0 Å². The van der Waals surface area contributed by atoms with Gasteiger partial charge in [0.15, 0.2) is 0 Å². The lowest BCUT2D eigenvalue weighted by molar-refractivity contribution is -0.142. The van der Waals surface area contributed by atoms with Crippen LogP contribution in [0.2, 0.25) is 0 Å². The molecule has 88 valence electrons. The number of rotatable bonds is 3. The van der Waals surface area contributed by atoms with Gasteiger partial charge in [0.05, 0.1) is 23.3 Å². The molecule has 1 aromatic heterocycles. The van der Waals surface area contributed by atoms with E-state index in [1.54, 1.807) is 0 Å². The topological polar surface area (TPSA) is 68.0 Å². The second-order valence-electron chi connectivity index (χ2n) is 4.46. The smallest absolute Gasteiger partial charge is 0.306 e. The molecule has 1 heterocycles. The third-order valence-corrected chi connectivity index (χ3v) is 3.40. The number of aliphatic carboxylic acids is 1. The third kappa shape index (κ3) is 1.81. The number of hydrogen-bond donors (Lipinski definition) is 1. The molecule has 0 saturated carbocycles. The van der Waals surface area contributed by atoms with E-state index in [-0.39, 0.29) is 5.92 Å². The lowest BCUT2D eigenvalue weighted by atomic mass is 9.89. The van der Waals surface area contributed by atoms with Crippen LogP contribution in [0.5, 0.6) is 0 Å². The Morgan fingerprint density at radius 1 is 1.69 bits per heavy atom. The summed E-state index contributed by atoms with van der Waals surface area (Å²) in [6.45, 7) is 4.18. The van der Waals surface area contributed by atoms with Crippen LogP contribution in [-0.4, -0.2) is 26.1 Å². The predicted molar refractivity (Wildman–Crippen MR) is 58.2 cm³/mol. The van der Waals surface area contributed by atoms with Gasteiger partial charge in [0.25, 0.3) is 0 Å². The highest BCUT2D eigenvalue weighted by Gasteiger charge is 2.29. The molecule has 2 rings (SSSR count). The summed E-state index contributed by atoms with van der Waals surface area (Å²) in [5.74, 6) is -0.976. The molecule has 0 spiro atoms. The fraction of sp³-hybridized carbons (Fsp3) is 0.727. The first kappa shape index (κ1) is 11.1. The molecule has 0 saturated heterocycles. The van der Waals surface area contributed by atoms with Gasteiger partial charge in [-0.15, -0.1) is 5.10 Å². The Labute approximate surface area is 94.5 Å². The molecular formula is C11H17N3O2. The number of carboxylic acid groups (broad SMARTS) is 1. The third-order valence-electron chi connectivity index (χ3n) is 3.40. The lowest BCUT2D eigenvalue weighted by Crippen LogP contribution is -2.24. The number of carboxylic acids is 1. The van der Waals surface area contributed by atoms with Gasteiger partial charge in [-0.1, -0.05) is 12.1 Å². The minimum absolute atomic E-state index is 0.270. The summed E-state index contributed by atoms with van der Waals surface area (Å²) in [7, 11) is 0. The van der Waals surface area contributed by atoms with E-state index in [2.05, 4.69) is 24.2 Å². The van der Waals surface area contributed by atoms with Gasteiger partial charge in [0, 0.05) is 6.42 Å². The Bertz CT molecular complexity index is 400. The fourth-order valence-electron chi connectivity index (χ4n) is 2.14. The van der Waals surface area contributed by atoms with Crippen LogP contribution >= 0.6 is 0 Å². The summed E-state index contributed by atoms with van der Waals surface area (Å²) in [5.41, 5.74) is 2.01. The Balaban J connectivity index is 2.27. The number of hydrogen-bond acceptors (Lipinski definition) is 3. The van der Waals surface area contributed by atoms with E-state index in [1.807, 2.05) is 4.68 Å². The number of aryl methyl sites for hydroxylation is 1. The summed E-state index contributed by atoms with van der Waals surface area (Å²) >= 11 is 0. The molecule has 0 unspecified atom stereocenters. The van der Waals surface area contributed by atoms with Gasteiger partial charge in [0.2, 0.25) is 0 Å². The fourth-order valence-corrected chi connectivity index (χ4v) is 2.14. The van der Waals surface area contributed by atoms with Crippen molar-refractivity contribution >= 4 is 5.97 Å². The maximum Gasteiger partial charge on any atom is 0.306 e. The van der Waals surface area contributed by atoms with E-state index in [9.17, 15) is 4.79 Å². The van der Waals surface area contributed by atoms with Crippen molar-refractivity contribution in [3.63, 3.8) is 0 Å². The largest absolute Gasteiger partial charge is 0.481 e. The zero-order valence-corrected chi connectivity index (χ0v) is 9.68. The lowest BCUT2D eigenvalue weighted by Gasteiger charge is -2.20. The van der Waals surface area contributed by atoms with Gasteiger partial charge in [-0.2, -0.15) is 0 Å². The number of carbonyl (C=O) groups is 1. The van der Waals surface area contributed by atoms with Crippen LogP contribution in [0.4, 0.5) is 0 Å². The summed E-state index contributed by atoms with van der Waals surface area (Å²) in [6.07, 6.45) is 2.97. The molecule has 0 fully saturated rings. The minimum Gasteiger partial charge on any atom is -0.481 e. The molecule has 0 radical (unpaired) electrons. The Hall–Kier alpha value is -1.39. The predicted octanol–water partition coefficient (Wildman–Crippen LogP) is 1.44. The molecule has 0 aliphatic heterocycles. The molecule has 5 heteroatoms. The minimum atomic E-state index is -0.706. The molecule has 1 aliphatic rings. The van der Waals surface area contributed by atoms with Gasteiger partial charge in [-0.3, -0.25) is 4.79 Å². The molecule has 1 N–H and O–H groups in total. The highest BCUT2D eigenvalue weighted by molar-refractivity contribution is 5.70. The van der Waals surface area contributed by atoms with E-state index >= 15 is 0 Å². The van der Waals surface area contributed by atoms with Crippen molar-refractivity contribution in [3.8, 4) is 0 Å². The van der Waals surface area contributed by atoms with Crippen LogP contribution in [0.25, 0.3) is 0 Å². The molecule has 0 bridgehead atoms. The SMILES string of the molecule is CC[C@@H](C)n1nnc2c1C[C@H](C(=O)O)CC2. The van der Waals surface area contributed by atoms with E-state index < -0.39 is 5.97 Å². The van der Waals surface area contributed by atoms with Gasteiger partial charge >= 0.3 is 5.97 Å². The summed E-state index contributed by atoms with van der Waals surface area (Å²) in [4.78, 5) is 11.0. The molecule has 1 aliphatic carbocycles. The molecule has 0 amide bonds. The average molecular weight is 223 g/mol. The highest BCUT2D eigenvalue weighted by atomic mass is 16.4. The number of nitrogens with zero attached hydrogens (tertiary/aromatic N) is 3. The highest BCUT2D eigenvalue weighted by Crippen LogP contribution is 2.26. The molecule has 5 nitrogen and oxygen atoms in total. The summed E-state index contributed by atoms with van der Waals surface area (Å²) < 4.78 is 1.89. The molecule has 16 heavy (non-hydrogen) atoms. The number of fused-ring (bicyclic) bond motifs is 1. The monoisotopic (exact) mass is 223 g/mol. The molecular weight excluding hydrogens is 206 g/mol. The van der Waals surface area contributed by atoms with Crippen molar-refractivity contribution in [2.75, 3.05) is 0 Å². The first-order chi connectivity index (χ1) is 7.63. The Morgan fingerprint density at radius 2 is 2.44 bits per heavy atom. The zero-order valence-electron chi connectivity index (χ0n) is 9.68. The normalized spacial score (nSPS) is 21.5. The van der Waals surface area contributed by atoms with Crippen molar-refractivity contribution in [3.05, 3.63) is 11.4 Å². The van der Waals surface area contributed by atoms with Crippen LogP contribution in [0.15, 0.2) is 0 Å². The quantitative estimate of drug-likeness (QED) is 0.841. The van der Waals surface area contributed by atoms with Crippen LogP contribution in [-0.2, 0) is 17.6 Å².